The van der Waals surface area contributed by atoms with Gasteiger partial charge in [-0.15, -0.1) is 0 Å². The summed E-state index contributed by atoms with van der Waals surface area (Å²) in [5, 5.41) is 2.92. The number of rotatable bonds is 4. The number of methoxy groups -OCH3 is 1. The summed E-state index contributed by atoms with van der Waals surface area (Å²) >= 11 is 0. The number of benzene rings is 2. The molecule has 1 heterocycles. The van der Waals surface area contributed by atoms with Crippen LogP contribution in [0.3, 0.4) is 0 Å². The molecule has 5 nitrogen and oxygen atoms in total. The molecule has 0 saturated carbocycles. The molecular weight excluding hydrogens is 316 g/mol. The first-order valence-corrected chi connectivity index (χ1v) is 8.30. The molecule has 3 rings (SSSR count). The summed E-state index contributed by atoms with van der Waals surface area (Å²) in [6.45, 7) is 4.42. The van der Waals surface area contributed by atoms with Crippen molar-refractivity contribution in [3.8, 4) is 5.75 Å². The van der Waals surface area contributed by atoms with E-state index in [2.05, 4.69) is 5.32 Å². The highest BCUT2D eigenvalue weighted by Crippen LogP contribution is 2.28. The number of ether oxygens (including phenoxy) is 1. The maximum Gasteiger partial charge on any atom is 0.229 e. The minimum Gasteiger partial charge on any atom is -0.497 e. The van der Waals surface area contributed by atoms with Crippen LogP contribution in [0.4, 0.5) is 11.4 Å². The molecule has 1 fully saturated rings. The Bertz CT molecular complexity index is 816. The van der Waals surface area contributed by atoms with E-state index in [0.717, 1.165) is 16.9 Å². The molecule has 1 atom stereocenters. The van der Waals surface area contributed by atoms with Crippen molar-refractivity contribution >= 4 is 23.2 Å². The highest BCUT2D eigenvalue weighted by molar-refractivity contribution is 6.03. The number of nitrogens with zero attached hydrogens (tertiary/aromatic N) is 1. The van der Waals surface area contributed by atoms with Crippen molar-refractivity contribution in [1.82, 2.24) is 0 Å². The zero-order chi connectivity index (χ0) is 18.0. The maximum atomic E-state index is 12.5. The van der Waals surface area contributed by atoms with Crippen LogP contribution in [-0.4, -0.2) is 25.5 Å². The fourth-order valence-corrected chi connectivity index (χ4v) is 2.97. The fraction of sp³-hybridized carbons (Fsp3) is 0.300. The van der Waals surface area contributed by atoms with Crippen molar-refractivity contribution in [3.63, 3.8) is 0 Å². The molecule has 1 aliphatic rings. The highest BCUT2D eigenvalue weighted by atomic mass is 16.5. The molecular formula is C20H22N2O3. The van der Waals surface area contributed by atoms with Gasteiger partial charge < -0.3 is 15.0 Å². The molecule has 0 unspecified atom stereocenters. The Kier molecular flexibility index (Phi) is 4.74. The van der Waals surface area contributed by atoms with Gasteiger partial charge in [0.15, 0.2) is 0 Å². The summed E-state index contributed by atoms with van der Waals surface area (Å²) in [7, 11) is 1.59. The topological polar surface area (TPSA) is 58.6 Å². The van der Waals surface area contributed by atoms with Gasteiger partial charge in [0.1, 0.15) is 5.75 Å². The van der Waals surface area contributed by atoms with Crippen molar-refractivity contribution in [2.24, 2.45) is 5.92 Å². The first kappa shape index (κ1) is 17.0. The van der Waals surface area contributed by atoms with E-state index in [0.29, 0.717) is 12.3 Å². The molecule has 1 saturated heterocycles. The summed E-state index contributed by atoms with van der Waals surface area (Å²) in [6.07, 6.45) is 0.216. The number of hydrogen-bond acceptors (Lipinski definition) is 3. The summed E-state index contributed by atoms with van der Waals surface area (Å²) in [6, 6.07) is 13.1. The van der Waals surface area contributed by atoms with Crippen molar-refractivity contribution in [2.75, 3.05) is 23.9 Å². The van der Waals surface area contributed by atoms with Gasteiger partial charge in [0.05, 0.1) is 13.0 Å². The Morgan fingerprint density at radius 3 is 2.68 bits per heavy atom. The Labute approximate surface area is 147 Å². The first-order valence-electron chi connectivity index (χ1n) is 8.30. The molecule has 2 aromatic carbocycles. The average molecular weight is 338 g/mol. The number of carbonyl (C=O) groups excluding carboxylic acids is 2. The van der Waals surface area contributed by atoms with Gasteiger partial charge in [-0.1, -0.05) is 12.1 Å². The molecule has 0 radical (unpaired) electrons. The normalized spacial score (nSPS) is 16.8. The summed E-state index contributed by atoms with van der Waals surface area (Å²) < 4.78 is 5.21. The zero-order valence-corrected chi connectivity index (χ0v) is 14.7. The summed E-state index contributed by atoms with van der Waals surface area (Å²) in [4.78, 5) is 26.5. The lowest BCUT2D eigenvalue weighted by Gasteiger charge is -2.17. The summed E-state index contributed by atoms with van der Waals surface area (Å²) in [5.41, 5.74) is 3.82. The largest absolute Gasteiger partial charge is 0.497 e. The van der Waals surface area contributed by atoms with Gasteiger partial charge in [-0.3, -0.25) is 9.59 Å². The second kappa shape index (κ2) is 6.97. The van der Waals surface area contributed by atoms with E-state index in [1.165, 1.54) is 5.56 Å². The average Bonchev–Trinajstić information content (AvgIpc) is 3.00. The van der Waals surface area contributed by atoms with E-state index >= 15 is 0 Å². The van der Waals surface area contributed by atoms with E-state index in [9.17, 15) is 9.59 Å². The molecule has 0 aliphatic carbocycles. The van der Waals surface area contributed by atoms with Crippen molar-refractivity contribution in [3.05, 3.63) is 53.6 Å². The Morgan fingerprint density at radius 2 is 1.96 bits per heavy atom. The third kappa shape index (κ3) is 3.65. The molecule has 5 heteroatoms. The van der Waals surface area contributed by atoms with E-state index in [1.54, 1.807) is 12.0 Å². The lowest BCUT2D eigenvalue weighted by atomic mass is 10.1. The van der Waals surface area contributed by atoms with Crippen LogP contribution in [0.15, 0.2) is 42.5 Å². The van der Waals surface area contributed by atoms with Crippen LogP contribution >= 0.6 is 0 Å². The van der Waals surface area contributed by atoms with Crippen molar-refractivity contribution < 1.29 is 14.3 Å². The predicted octanol–water partition coefficient (Wildman–Crippen LogP) is 3.30. The molecule has 0 spiro atoms. The van der Waals surface area contributed by atoms with Gasteiger partial charge >= 0.3 is 0 Å². The van der Waals surface area contributed by atoms with Crippen molar-refractivity contribution in [1.29, 1.82) is 0 Å². The molecule has 25 heavy (non-hydrogen) atoms. The molecule has 130 valence electrons. The van der Waals surface area contributed by atoms with Crippen LogP contribution in [0, 0.1) is 19.8 Å². The SMILES string of the molecule is COc1cccc(N2C[C@@H](C(=O)Nc3ccc(C)c(C)c3)CC2=O)c1. The standard InChI is InChI=1S/C20H22N2O3/c1-13-7-8-16(9-14(13)2)21-20(24)15-10-19(23)22(12-15)17-5-4-6-18(11-17)25-3/h4-9,11,15H,10,12H2,1-3H3,(H,21,24)/t15-/m0/s1. The van der Waals surface area contributed by atoms with Crippen LogP contribution in [0.1, 0.15) is 17.5 Å². The number of hydrogen-bond donors (Lipinski definition) is 1. The van der Waals surface area contributed by atoms with E-state index < -0.39 is 0 Å². The smallest absolute Gasteiger partial charge is 0.229 e. The van der Waals surface area contributed by atoms with Gasteiger partial charge in [0, 0.05) is 30.4 Å². The lowest BCUT2D eigenvalue weighted by molar-refractivity contribution is -0.122. The third-order valence-corrected chi connectivity index (χ3v) is 4.64. The minimum atomic E-state index is -0.361. The molecule has 0 bridgehead atoms. The molecule has 2 amide bonds. The Balaban J connectivity index is 1.70. The third-order valence-electron chi connectivity index (χ3n) is 4.64. The van der Waals surface area contributed by atoms with Gasteiger partial charge in [0.2, 0.25) is 11.8 Å². The van der Waals surface area contributed by atoms with Crippen LogP contribution in [0.5, 0.6) is 5.75 Å². The number of anilines is 2. The van der Waals surface area contributed by atoms with Gasteiger partial charge in [-0.25, -0.2) is 0 Å². The van der Waals surface area contributed by atoms with Crippen LogP contribution in [-0.2, 0) is 9.59 Å². The quantitative estimate of drug-likeness (QED) is 0.930. The van der Waals surface area contributed by atoms with E-state index in [-0.39, 0.29) is 24.2 Å². The second-order valence-corrected chi connectivity index (χ2v) is 6.40. The van der Waals surface area contributed by atoms with E-state index in [1.807, 2.05) is 56.3 Å². The van der Waals surface area contributed by atoms with Gasteiger partial charge in [-0.2, -0.15) is 0 Å². The Morgan fingerprint density at radius 1 is 1.16 bits per heavy atom. The highest BCUT2D eigenvalue weighted by Gasteiger charge is 2.35. The minimum absolute atomic E-state index is 0.0477. The number of aryl methyl sites for hydroxylation is 2. The Hall–Kier alpha value is -2.82. The number of carbonyl (C=O) groups is 2. The van der Waals surface area contributed by atoms with E-state index in [4.69, 9.17) is 4.74 Å². The van der Waals surface area contributed by atoms with Gasteiger partial charge in [0.25, 0.3) is 0 Å². The number of amides is 2. The molecule has 0 aromatic heterocycles. The van der Waals surface area contributed by atoms with Crippen molar-refractivity contribution in [2.45, 2.75) is 20.3 Å². The number of nitrogens with one attached hydrogen (secondary N) is 1. The maximum absolute atomic E-state index is 12.5. The summed E-state index contributed by atoms with van der Waals surface area (Å²) in [5.74, 6) is 0.157. The molecule has 2 aromatic rings. The lowest BCUT2D eigenvalue weighted by Crippen LogP contribution is -2.28. The first-order chi connectivity index (χ1) is 12.0. The van der Waals surface area contributed by atoms with Crippen LogP contribution in [0.25, 0.3) is 0 Å². The second-order valence-electron chi connectivity index (χ2n) is 6.40. The zero-order valence-electron chi connectivity index (χ0n) is 14.7. The van der Waals surface area contributed by atoms with Gasteiger partial charge in [-0.05, 0) is 49.2 Å². The predicted molar refractivity (Wildman–Crippen MR) is 98.0 cm³/mol. The monoisotopic (exact) mass is 338 g/mol. The van der Waals surface area contributed by atoms with Crippen LogP contribution < -0.4 is 15.0 Å². The fourth-order valence-electron chi connectivity index (χ4n) is 2.97. The molecule has 1 N–H and O–H groups in total. The molecule has 1 aliphatic heterocycles. The van der Waals surface area contributed by atoms with Crippen LogP contribution in [0.2, 0.25) is 0 Å².